The number of anilines is 1. The Bertz CT molecular complexity index is 587. The topological polar surface area (TPSA) is 63.4 Å². The number of nitrogen functional groups attached to an aromatic ring is 1. The zero-order valence-corrected chi connectivity index (χ0v) is 14.2. The van der Waals surface area contributed by atoms with Crippen LogP contribution in [0.25, 0.3) is 0 Å². The van der Waals surface area contributed by atoms with Gasteiger partial charge in [0.2, 0.25) is 10.0 Å². The minimum Gasteiger partial charge on any atom is -0.397 e. The van der Waals surface area contributed by atoms with Crippen molar-refractivity contribution < 1.29 is 8.42 Å². The van der Waals surface area contributed by atoms with Crippen LogP contribution in [0, 0.1) is 6.92 Å². The van der Waals surface area contributed by atoms with E-state index in [2.05, 4.69) is 0 Å². The summed E-state index contributed by atoms with van der Waals surface area (Å²) >= 11 is 6.03. The lowest BCUT2D eigenvalue weighted by molar-refractivity contribution is 0.261. The maximum Gasteiger partial charge on any atom is 0.243 e. The van der Waals surface area contributed by atoms with E-state index in [1.807, 2.05) is 6.92 Å². The van der Waals surface area contributed by atoms with E-state index in [1.165, 1.54) is 12.5 Å². The fraction of sp³-hybridized carbons (Fsp3) is 0.600. The molecule has 21 heavy (non-hydrogen) atoms. The fourth-order valence-corrected chi connectivity index (χ4v) is 4.97. The first-order valence-electron chi connectivity index (χ1n) is 7.45. The van der Waals surface area contributed by atoms with Gasteiger partial charge >= 0.3 is 0 Å². The predicted octanol–water partition coefficient (Wildman–Crippen LogP) is 3.57. The highest BCUT2D eigenvalue weighted by molar-refractivity contribution is 7.89. The number of sulfonamides is 1. The van der Waals surface area contributed by atoms with Gasteiger partial charge in [-0.25, -0.2) is 8.42 Å². The molecule has 118 valence electrons. The Kier molecular flexibility index (Phi) is 5.17. The Morgan fingerprint density at radius 1 is 1.29 bits per heavy atom. The van der Waals surface area contributed by atoms with Crippen molar-refractivity contribution in [1.29, 1.82) is 0 Å². The summed E-state index contributed by atoms with van der Waals surface area (Å²) in [5.41, 5.74) is 6.83. The number of benzene rings is 1. The molecule has 4 nitrogen and oxygen atoms in total. The van der Waals surface area contributed by atoms with Gasteiger partial charge in [0.25, 0.3) is 0 Å². The van der Waals surface area contributed by atoms with Gasteiger partial charge in [0.1, 0.15) is 0 Å². The lowest BCUT2D eigenvalue weighted by Crippen LogP contribution is -2.41. The van der Waals surface area contributed by atoms with Gasteiger partial charge in [-0.2, -0.15) is 4.31 Å². The van der Waals surface area contributed by atoms with Gasteiger partial charge in [-0.15, -0.1) is 0 Å². The third-order valence-electron chi connectivity index (χ3n) is 4.16. The van der Waals surface area contributed by atoms with Gasteiger partial charge in [0.05, 0.1) is 15.6 Å². The monoisotopic (exact) mass is 330 g/mol. The lowest BCUT2D eigenvalue weighted by Gasteiger charge is -2.32. The summed E-state index contributed by atoms with van der Waals surface area (Å²) in [6, 6.07) is 3.18. The average Bonchev–Trinajstić information content (AvgIpc) is 2.45. The van der Waals surface area contributed by atoms with Crippen molar-refractivity contribution in [2.75, 3.05) is 12.3 Å². The Labute approximate surface area is 132 Å². The van der Waals surface area contributed by atoms with Crippen LogP contribution in [0.5, 0.6) is 0 Å². The summed E-state index contributed by atoms with van der Waals surface area (Å²) in [5, 5.41) is 0.426. The van der Waals surface area contributed by atoms with E-state index < -0.39 is 10.0 Å². The first-order chi connectivity index (χ1) is 9.87. The molecule has 0 spiro atoms. The van der Waals surface area contributed by atoms with Crippen LogP contribution >= 0.6 is 11.6 Å². The van der Waals surface area contributed by atoms with Crippen LogP contribution < -0.4 is 5.73 Å². The summed E-state index contributed by atoms with van der Waals surface area (Å²) < 4.78 is 27.4. The van der Waals surface area contributed by atoms with Crippen molar-refractivity contribution in [3.63, 3.8) is 0 Å². The van der Waals surface area contributed by atoms with Gasteiger partial charge in [-0.3, -0.25) is 0 Å². The molecule has 1 aliphatic rings. The molecule has 0 bridgehead atoms. The number of halogens is 1. The third kappa shape index (κ3) is 3.35. The average molecular weight is 331 g/mol. The number of rotatable bonds is 4. The molecule has 1 fully saturated rings. The molecule has 0 unspecified atom stereocenters. The minimum absolute atomic E-state index is 0.103. The van der Waals surface area contributed by atoms with E-state index in [4.69, 9.17) is 17.3 Å². The van der Waals surface area contributed by atoms with Crippen molar-refractivity contribution in [3.05, 3.63) is 22.7 Å². The van der Waals surface area contributed by atoms with Gasteiger partial charge in [0, 0.05) is 12.6 Å². The van der Waals surface area contributed by atoms with Crippen molar-refractivity contribution in [2.24, 2.45) is 0 Å². The quantitative estimate of drug-likeness (QED) is 0.858. The molecule has 1 aromatic carbocycles. The smallest absolute Gasteiger partial charge is 0.243 e. The number of aryl methyl sites for hydroxylation is 1. The fourth-order valence-electron chi connectivity index (χ4n) is 3.04. The largest absolute Gasteiger partial charge is 0.397 e. The summed E-state index contributed by atoms with van der Waals surface area (Å²) in [6.07, 6.45) is 5.27. The van der Waals surface area contributed by atoms with Gasteiger partial charge in [-0.1, -0.05) is 37.8 Å². The lowest BCUT2D eigenvalue weighted by atomic mass is 9.95. The van der Waals surface area contributed by atoms with Crippen LogP contribution in [0.1, 0.15) is 44.6 Å². The van der Waals surface area contributed by atoms with Gasteiger partial charge < -0.3 is 5.73 Å². The summed E-state index contributed by atoms with van der Waals surface area (Å²) in [6.45, 7) is 4.14. The molecule has 0 saturated heterocycles. The highest BCUT2D eigenvalue weighted by atomic mass is 35.5. The maximum atomic E-state index is 12.9. The Morgan fingerprint density at radius 3 is 2.43 bits per heavy atom. The maximum absolute atomic E-state index is 12.9. The minimum atomic E-state index is -3.52. The van der Waals surface area contributed by atoms with Crippen LogP contribution in [0.4, 0.5) is 5.69 Å². The van der Waals surface area contributed by atoms with Crippen LogP contribution in [-0.4, -0.2) is 25.3 Å². The van der Waals surface area contributed by atoms with Crippen LogP contribution in [-0.2, 0) is 10.0 Å². The molecule has 1 aliphatic carbocycles. The molecule has 6 heteroatoms. The third-order valence-corrected chi connectivity index (χ3v) is 6.68. The Hall–Kier alpha value is -0.780. The summed E-state index contributed by atoms with van der Waals surface area (Å²) in [4.78, 5) is 0.245. The molecule has 0 atom stereocenters. The second-order valence-corrected chi connectivity index (χ2v) is 7.91. The van der Waals surface area contributed by atoms with Gasteiger partial charge in [-0.05, 0) is 37.5 Å². The van der Waals surface area contributed by atoms with Crippen LogP contribution in [0.3, 0.4) is 0 Å². The summed E-state index contributed by atoms with van der Waals surface area (Å²) in [5.74, 6) is 0. The van der Waals surface area contributed by atoms with E-state index in [0.717, 1.165) is 25.7 Å². The molecule has 1 saturated carbocycles. The number of nitrogens with two attached hydrogens (primary N) is 1. The summed E-state index contributed by atoms with van der Waals surface area (Å²) in [7, 11) is -3.52. The van der Waals surface area contributed by atoms with Crippen molar-refractivity contribution in [2.45, 2.75) is 56.9 Å². The highest BCUT2D eigenvalue weighted by Gasteiger charge is 2.31. The molecular weight excluding hydrogens is 308 g/mol. The van der Waals surface area contributed by atoms with Crippen LogP contribution in [0.2, 0.25) is 5.02 Å². The van der Waals surface area contributed by atoms with E-state index in [-0.39, 0.29) is 10.9 Å². The van der Waals surface area contributed by atoms with Crippen molar-refractivity contribution in [3.8, 4) is 0 Å². The molecule has 0 aromatic heterocycles. The molecule has 0 amide bonds. The number of nitrogens with zero attached hydrogens (tertiary/aromatic N) is 1. The van der Waals surface area contributed by atoms with E-state index in [0.29, 0.717) is 22.8 Å². The first kappa shape index (κ1) is 16.6. The van der Waals surface area contributed by atoms with E-state index >= 15 is 0 Å². The zero-order valence-electron chi connectivity index (χ0n) is 12.6. The standard InChI is InChI=1S/C15H23ClN2O2S/c1-3-18(12-7-5-4-6-8-12)21(19,20)13-9-11(2)15(16)14(17)10-13/h9-10,12H,3-8,17H2,1-2H3. The normalized spacial score (nSPS) is 17.3. The highest BCUT2D eigenvalue weighted by Crippen LogP contribution is 2.31. The second kappa shape index (κ2) is 6.55. The molecular formula is C15H23ClN2O2S. The zero-order chi connectivity index (χ0) is 15.6. The molecule has 0 aliphatic heterocycles. The number of hydrogen-bond donors (Lipinski definition) is 1. The predicted molar refractivity (Wildman–Crippen MR) is 87.0 cm³/mol. The van der Waals surface area contributed by atoms with E-state index in [9.17, 15) is 8.42 Å². The number of hydrogen-bond acceptors (Lipinski definition) is 3. The first-order valence-corrected chi connectivity index (χ1v) is 9.27. The Balaban J connectivity index is 2.39. The molecule has 2 rings (SSSR count). The molecule has 2 N–H and O–H groups in total. The Morgan fingerprint density at radius 2 is 1.90 bits per heavy atom. The van der Waals surface area contributed by atoms with Gasteiger partial charge in [0.15, 0.2) is 0 Å². The SMILES string of the molecule is CCN(C1CCCCC1)S(=O)(=O)c1cc(C)c(Cl)c(N)c1. The molecule has 0 radical (unpaired) electrons. The second-order valence-electron chi connectivity index (χ2n) is 5.64. The van der Waals surface area contributed by atoms with E-state index in [1.54, 1.807) is 17.3 Å². The van der Waals surface area contributed by atoms with Crippen molar-refractivity contribution >= 4 is 27.3 Å². The van der Waals surface area contributed by atoms with Crippen molar-refractivity contribution in [1.82, 2.24) is 4.31 Å². The van der Waals surface area contributed by atoms with Crippen LogP contribution in [0.15, 0.2) is 17.0 Å². The molecule has 1 aromatic rings. The molecule has 0 heterocycles.